The quantitative estimate of drug-likeness (QED) is 0.650. The summed E-state index contributed by atoms with van der Waals surface area (Å²) in [6, 6.07) is 9.62. The van der Waals surface area contributed by atoms with Crippen LogP contribution >= 0.6 is 27.3 Å². The molecule has 0 aliphatic carbocycles. The Labute approximate surface area is 163 Å². The van der Waals surface area contributed by atoms with E-state index in [4.69, 9.17) is 9.15 Å². The van der Waals surface area contributed by atoms with Crippen molar-refractivity contribution in [3.63, 3.8) is 0 Å². The van der Waals surface area contributed by atoms with Crippen molar-refractivity contribution in [1.29, 1.82) is 0 Å². The Balaban J connectivity index is 1.44. The molecule has 1 amide bonds. The Morgan fingerprint density at radius 2 is 2.27 bits per heavy atom. The fourth-order valence-corrected chi connectivity index (χ4v) is 4.13. The van der Waals surface area contributed by atoms with Crippen LogP contribution in [0, 0.1) is 6.92 Å². The number of ether oxygens (including phenoxy) is 1. The molecule has 7 heteroatoms. The van der Waals surface area contributed by atoms with Crippen molar-refractivity contribution >= 4 is 33.2 Å². The minimum Gasteiger partial charge on any atom is -0.493 e. The van der Waals surface area contributed by atoms with Gasteiger partial charge in [-0.1, -0.05) is 15.9 Å². The summed E-state index contributed by atoms with van der Waals surface area (Å²) in [6.45, 7) is 2.49. The van der Waals surface area contributed by atoms with E-state index in [1.54, 1.807) is 0 Å². The second-order valence-electron chi connectivity index (χ2n) is 6.17. The first kappa shape index (κ1) is 17.3. The van der Waals surface area contributed by atoms with E-state index in [2.05, 4.69) is 26.2 Å². The zero-order chi connectivity index (χ0) is 18.1. The van der Waals surface area contributed by atoms with Crippen molar-refractivity contribution in [2.45, 2.75) is 25.8 Å². The molecule has 4 rings (SSSR count). The molecule has 1 N–H and O–H groups in total. The SMILES string of the molecule is Cc1ccc(-c2nc(CC(=O)NC3CCOc4ccc(Br)cc43)cs2)o1. The average molecular weight is 433 g/mol. The molecule has 0 bridgehead atoms. The van der Waals surface area contributed by atoms with Crippen molar-refractivity contribution in [2.75, 3.05) is 6.61 Å². The van der Waals surface area contributed by atoms with Crippen molar-refractivity contribution in [2.24, 2.45) is 0 Å². The molecule has 1 aliphatic rings. The Hall–Kier alpha value is -2.12. The topological polar surface area (TPSA) is 64.4 Å². The third kappa shape index (κ3) is 3.68. The zero-order valence-electron chi connectivity index (χ0n) is 14.1. The molecule has 5 nitrogen and oxygen atoms in total. The third-order valence-corrected chi connectivity index (χ3v) is 5.59. The van der Waals surface area contributed by atoms with Crippen molar-refractivity contribution < 1.29 is 13.9 Å². The van der Waals surface area contributed by atoms with Crippen LogP contribution in [-0.4, -0.2) is 17.5 Å². The number of hydrogen-bond acceptors (Lipinski definition) is 5. The number of halogens is 1. The molecule has 26 heavy (non-hydrogen) atoms. The Kier molecular flexibility index (Phi) is 4.82. The highest BCUT2D eigenvalue weighted by Crippen LogP contribution is 2.34. The molecular weight excluding hydrogens is 416 g/mol. The maximum absolute atomic E-state index is 12.5. The van der Waals surface area contributed by atoms with Crippen molar-refractivity contribution in [1.82, 2.24) is 10.3 Å². The standard InChI is InChI=1S/C19H17BrN2O3S/c1-11-2-4-17(25-11)19-21-13(10-26-19)9-18(23)22-15-6-7-24-16-5-3-12(20)8-14(15)16/h2-5,8,10,15H,6-7,9H2,1H3,(H,22,23). The van der Waals surface area contributed by atoms with Gasteiger partial charge in [0.05, 0.1) is 24.8 Å². The Morgan fingerprint density at radius 1 is 1.38 bits per heavy atom. The first-order valence-corrected chi connectivity index (χ1v) is 9.98. The number of nitrogens with one attached hydrogen (secondary N) is 1. The van der Waals surface area contributed by atoms with Gasteiger partial charge in [0, 0.05) is 21.8 Å². The number of aryl methyl sites for hydroxylation is 1. The molecule has 1 atom stereocenters. The van der Waals surface area contributed by atoms with Gasteiger partial charge in [-0.15, -0.1) is 11.3 Å². The maximum atomic E-state index is 12.5. The maximum Gasteiger partial charge on any atom is 0.226 e. The predicted molar refractivity (Wildman–Crippen MR) is 103 cm³/mol. The summed E-state index contributed by atoms with van der Waals surface area (Å²) >= 11 is 4.96. The highest BCUT2D eigenvalue weighted by Gasteiger charge is 2.23. The molecule has 3 heterocycles. The molecule has 0 saturated carbocycles. The van der Waals surface area contributed by atoms with Crippen LogP contribution in [0.1, 0.15) is 29.5 Å². The van der Waals surface area contributed by atoms with Crippen LogP contribution in [0.4, 0.5) is 0 Å². The first-order valence-electron chi connectivity index (χ1n) is 8.31. The molecular formula is C19H17BrN2O3S. The number of amides is 1. The number of thiazole rings is 1. The lowest BCUT2D eigenvalue weighted by Gasteiger charge is -2.26. The van der Waals surface area contributed by atoms with Crippen molar-refractivity contribution in [3.8, 4) is 16.5 Å². The zero-order valence-corrected chi connectivity index (χ0v) is 16.5. The molecule has 2 aromatic heterocycles. The average Bonchev–Trinajstić information content (AvgIpc) is 3.24. The van der Waals surface area contributed by atoms with E-state index in [0.29, 0.717) is 6.61 Å². The van der Waals surface area contributed by atoms with E-state index in [1.807, 2.05) is 42.6 Å². The molecule has 134 valence electrons. The first-order chi connectivity index (χ1) is 12.6. The molecule has 3 aromatic rings. The number of hydrogen-bond donors (Lipinski definition) is 1. The van der Waals surface area contributed by atoms with Gasteiger partial charge in [-0.25, -0.2) is 4.98 Å². The monoisotopic (exact) mass is 432 g/mol. The summed E-state index contributed by atoms with van der Waals surface area (Å²) in [5.74, 6) is 2.37. The van der Waals surface area contributed by atoms with Gasteiger partial charge in [0.25, 0.3) is 0 Å². The highest BCUT2D eigenvalue weighted by atomic mass is 79.9. The van der Waals surface area contributed by atoms with Crippen molar-refractivity contribution in [3.05, 3.63) is 57.2 Å². The summed E-state index contributed by atoms with van der Waals surface area (Å²) < 4.78 is 12.2. The molecule has 1 unspecified atom stereocenters. The van der Waals surface area contributed by atoms with Crippen LogP contribution in [0.5, 0.6) is 5.75 Å². The van der Waals surface area contributed by atoms with Crippen LogP contribution in [0.2, 0.25) is 0 Å². The number of aromatic nitrogens is 1. The summed E-state index contributed by atoms with van der Waals surface area (Å²) in [6.07, 6.45) is 1.00. The number of carbonyl (C=O) groups is 1. The van der Waals surface area contributed by atoms with Gasteiger partial charge in [0.2, 0.25) is 5.91 Å². The Bertz CT molecular complexity index is 950. The minimum absolute atomic E-state index is 0.0460. The summed E-state index contributed by atoms with van der Waals surface area (Å²) in [5, 5.41) is 5.80. The number of fused-ring (bicyclic) bond motifs is 1. The van der Waals surface area contributed by atoms with Crippen LogP contribution in [-0.2, 0) is 11.2 Å². The third-order valence-electron chi connectivity index (χ3n) is 4.19. The van der Waals surface area contributed by atoms with Gasteiger partial charge < -0.3 is 14.5 Å². The van der Waals surface area contributed by atoms with E-state index in [0.717, 1.165) is 44.4 Å². The van der Waals surface area contributed by atoms with Gasteiger partial charge in [0.15, 0.2) is 10.8 Å². The second-order valence-corrected chi connectivity index (χ2v) is 7.94. The second kappa shape index (κ2) is 7.25. The van der Waals surface area contributed by atoms with Crippen LogP contribution in [0.3, 0.4) is 0 Å². The van der Waals surface area contributed by atoms with E-state index >= 15 is 0 Å². The van der Waals surface area contributed by atoms with E-state index in [9.17, 15) is 4.79 Å². The smallest absolute Gasteiger partial charge is 0.226 e. The lowest BCUT2D eigenvalue weighted by Crippen LogP contribution is -2.33. The predicted octanol–water partition coefficient (Wildman–Crippen LogP) is 4.66. The molecule has 0 fully saturated rings. The normalized spacial score (nSPS) is 16.0. The van der Waals surface area contributed by atoms with E-state index in [-0.39, 0.29) is 18.4 Å². The van der Waals surface area contributed by atoms with Gasteiger partial charge in [-0.3, -0.25) is 4.79 Å². The molecule has 0 radical (unpaired) electrons. The fourth-order valence-electron chi connectivity index (χ4n) is 2.98. The molecule has 1 aliphatic heterocycles. The number of nitrogens with zero attached hydrogens (tertiary/aromatic N) is 1. The summed E-state index contributed by atoms with van der Waals surface area (Å²) in [5.41, 5.74) is 1.75. The van der Waals surface area contributed by atoms with Crippen LogP contribution in [0.25, 0.3) is 10.8 Å². The lowest BCUT2D eigenvalue weighted by molar-refractivity contribution is -0.121. The molecule has 0 spiro atoms. The van der Waals surface area contributed by atoms with Crippen LogP contribution < -0.4 is 10.1 Å². The number of furan rings is 1. The number of carbonyl (C=O) groups excluding carboxylic acids is 1. The van der Waals surface area contributed by atoms with Gasteiger partial charge in [-0.05, 0) is 37.3 Å². The van der Waals surface area contributed by atoms with Gasteiger partial charge in [0.1, 0.15) is 11.5 Å². The summed E-state index contributed by atoms with van der Waals surface area (Å²) in [7, 11) is 0. The lowest BCUT2D eigenvalue weighted by atomic mass is 10.0. The van der Waals surface area contributed by atoms with Gasteiger partial charge in [-0.2, -0.15) is 0 Å². The minimum atomic E-state index is -0.0467. The van der Waals surface area contributed by atoms with Crippen LogP contribution in [0.15, 0.2) is 44.6 Å². The molecule has 0 saturated heterocycles. The highest BCUT2D eigenvalue weighted by molar-refractivity contribution is 9.10. The Morgan fingerprint density at radius 3 is 3.08 bits per heavy atom. The largest absolute Gasteiger partial charge is 0.493 e. The fraction of sp³-hybridized carbons (Fsp3) is 0.263. The number of rotatable bonds is 4. The van der Waals surface area contributed by atoms with E-state index < -0.39 is 0 Å². The van der Waals surface area contributed by atoms with E-state index in [1.165, 1.54) is 11.3 Å². The summed E-state index contributed by atoms with van der Waals surface area (Å²) in [4.78, 5) is 17.0. The molecule has 1 aromatic carbocycles. The van der Waals surface area contributed by atoms with Gasteiger partial charge >= 0.3 is 0 Å². The number of benzene rings is 1.